The lowest BCUT2D eigenvalue weighted by molar-refractivity contribution is 0.0695. The van der Waals surface area contributed by atoms with Gasteiger partial charge in [0.25, 0.3) is 0 Å². The maximum Gasteiger partial charge on any atom is 0.339 e. The first kappa shape index (κ1) is 13.4. The van der Waals surface area contributed by atoms with Gasteiger partial charge in [0.15, 0.2) is 0 Å². The van der Waals surface area contributed by atoms with E-state index < -0.39 is 5.97 Å². The molecule has 0 aliphatic heterocycles. The monoisotopic (exact) mass is 325 g/mol. The molecule has 0 aliphatic carbocycles. The van der Waals surface area contributed by atoms with Crippen molar-refractivity contribution in [3.05, 3.63) is 45.9 Å². The van der Waals surface area contributed by atoms with Crippen LogP contribution >= 0.6 is 15.9 Å². The van der Waals surface area contributed by atoms with E-state index in [-0.39, 0.29) is 17.3 Å². The quantitative estimate of drug-likeness (QED) is 0.906. The molecule has 2 aromatic rings. The smallest absolute Gasteiger partial charge is 0.339 e. The summed E-state index contributed by atoms with van der Waals surface area (Å²) in [6, 6.07) is 4.13. The Morgan fingerprint density at radius 3 is 2.79 bits per heavy atom. The molecule has 0 saturated heterocycles. The number of benzene rings is 1. The highest BCUT2D eigenvalue weighted by molar-refractivity contribution is 9.10. The van der Waals surface area contributed by atoms with Crippen molar-refractivity contribution in [3.8, 4) is 0 Å². The molecule has 2 rings (SSSR count). The van der Waals surface area contributed by atoms with Gasteiger partial charge in [0, 0.05) is 10.7 Å². The van der Waals surface area contributed by atoms with E-state index in [1.54, 1.807) is 6.92 Å². The molecule has 0 aliphatic rings. The fraction of sp³-hybridized carbons (Fsp3) is 0.0833. The normalized spacial score (nSPS) is 10.3. The summed E-state index contributed by atoms with van der Waals surface area (Å²) in [5.74, 6) is -1.20. The topological polar surface area (TPSA) is 75.1 Å². The van der Waals surface area contributed by atoms with Gasteiger partial charge >= 0.3 is 5.97 Å². The van der Waals surface area contributed by atoms with Crippen molar-refractivity contribution in [2.45, 2.75) is 6.92 Å². The summed E-state index contributed by atoms with van der Waals surface area (Å²) < 4.78 is 13.5. The maximum atomic E-state index is 12.9. The largest absolute Gasteiger partial charge is 0.478 e. The summed E-state index contributed by atoms with van der Waals surface area (Å²) >= 11 is 3.21. The molecule has 0 bridgehead atoms. The predicted molar refractivity (Wildman–Crippen MR) is 71.1 cm³/mol. The minimum atomic E-state index is -1.08. The van der Waals surface area contributed by atoms with E-state index in [4.69, 9.17) is 5.11 Å². The molecule has 2 N–H and O–H groups in total. The van der Waals surface area contributed by atoms with Crippen LogP contribution in [0.3, 0.4) is 0 Å². The Morgan fingerprint density at radius 2 is 2.21 bits per heavy atom. The summed E-state index contributed by atoms with van der Waals surface area (Å²) in [4.78, 5) is 18.8. The van der Waals surface area contributed by atoms with Crippen LogP contribution in [0.1, 0.15) is 16.1 Å². The third kappa shape index (κ3) is 3.05. The number of aromatic nitrogens is 2. The average molecular weight is 326 g/mol. The van der Waals surface area contributed by atoms with E-state index in [2.05, 4.69) is 31.2 Å². The molecule has 98 valence electrons. The van der Waals surface area contributed by atoms with Crippen LogP contribution in [0.5, 0.6) is 0 Å². The Hall–Kier alpha value is -2.02. The van der Waals surface area contributed by atoms with E-state index in [9.17, 15) is 9.18 Å². The molecule has 1 heterocycles. The lowest BCUT2D eigenvalue weighted by Crippen LogP contribution is -2.06. The number of aryl methyl sites for hydroxylation is 1. The van der Waals surface area contributed by atoms with Crippen LogP contribution < -0.4 is 5.32 Å². The van der Waals surface area contributed by atoms with Gasteiger partial charge in [-0.3, -0.25) is 0 Å². The van der Waals surface area contributed by atoms with Gasteiger partial charge in [-0.25, -0.2) is 19.2 Å². The zero-order chi connectivity index (χ0) is 14.0. The molecule has 0 amide bonds. The molecular formula is C12H9BrFN3O2. The van der Waals surface area contributed by atoms with E-state index in [0.717, 1.165) is 0 Å². The van der Waals surface area contributed by atoms with Gasteiger partial charge in [-0.05, 0) is 41.1 Å². The molecule has 0 saturated carbocycles. The molecule has 0 radical (unpaired) electrons. The van der Waals surface area contributed by atoms with Crippen LogP contribution in [0.25, 0.3) is 0 Å². The molecule has 0 unspecified atom stereocenters. The standard InChI is InChI=1S/C12H9BrFN3O2/c1-6-8(11(18)19)5-15-12(16-6)17-10-3-2-7(14)4-9(10)13/h2-5H,1H3,(H,18,19)(H,15,16,17). The third-order valence-electron chi connectivity index (χ3n) is 2.39. The molecule has 7 heteroatoms. The number of carboxylic acids is 1. The summed E-state index contributed by atoms with van der Waals surface area (Å²) in [5, 5.41) is 11.7. The highest BCUT2D eigenvalue weighted by atomic mass is 79.9. The second-order valence-corrected chi connectivity index (χ2v) is 4.60. The van der Waals surface area contributed by atoms with Gasteiger partial charge in [-0.2, -0.15) is 0 Å². The fourth-order valence-electron chi connectivity index (χ4n) is 1.45. The van der Waals surface area contributed by atoms with E-state index in [1.165, 1.54) is 24.4 Å². The molecule has 0 fully saturated rings. The van der Waals surface area contributed by atoms with Crippen molar-refractivity contribution in [2.24, 2.45) is 0 Å². The van der Waals surface area contributed by atoms with Crippen LogP contribution in [0.15, 0.2) is 28.9 Å². The summed E-state index contributed by atoms with van der Waals surface area (Å²) in [6.45, 7) is 1.58. The molecule has 0 spiro atoms. The number of rotatable bonds is 3. The number of carboxylic acid groups (broad SMARTS) is 1. The Labute approximate surface area is 116 Å². The Bertz CT molecular complexity index is 649. The highest BCUT2D eigenvalue weighted by Gasteiger charge is 2.10. The summed E-state index contributed by atoms with van der Waals surface area (Å²) in [6.07, 6.45) is 1.23. The lowest BCUT2D eigenvalue weighted by Gasteiger charge is -2.08. The molecule has 1 aromatic heterocycles. The fourth-order valence-corrected chi connectivity index (χ4v) is 1.90. The number of halogens is 2. The van der Waals surface area contributed by atoms with Crippen LogP contribution in [-0.4, -0.2) is 21.0 Å². The van der Waals surface area contributed by atoms with Crippen molar-refractivity contribution >= 4 is 33.5 Å². The van der Waals surface area contributed by atoms with Gasteiger partial charge < -0.3 is 10.4 Å². The molecular weight excluding hydrogens is 317 g/mol. The predicted octanol–water partition coefficient (Wildman–Crippen LogP) is 3.13. The SMILES string of the molecule is Cc1nc(Nc2ccc(F)cc2Br)ncc1C(=O)O. The van der Waals surface area contributed by atoms with Crippen LogP contribution in [0.2, 0.25) is 0 Å². The first-order valence-electron chi connectivity index (χ1n) is 5.26. The van der Waals surface area contributed by atoms with Gasteiger partial charge in [-0.1, -0.05) is 0 Å². The van der Waals surface area contributed by atoms with Gasteiger partial charge in [0.2, 0.25) is 5.95 Å². The Balaban J connectivity index is 2.29. The minimum absolute atomic E-state index is 0.0451. The molecule has 1 aromatic carbocycles. The van der Waals surface area contributed by atoms with Crippen molar-refractivity contribution < 1.29 is 14.3 Å². The summed E-state index contributed by atoms with van der Waals surface area (Å²) in [7, 11) is 0. The number of hydrogen-bond acceptors (Lipinski definition) is 4. The first-order chi connectivity index (χ1) is 8.97. The van der Waals surface area contributed by atoms with E-state index in [1.807, 2.05) is 0 Å². The van der Waals surface area contributed by atoms with E-state index >= 15 is 0 Å². The zero-order valence-electron chi connectivity index (χ0n) is 9.82. The van der Waals surface area contributed by atoms with Gasteiger partial charge in [-0.15, -0.1) is 0 Å². The number of nitrogens with zero attached hydrogens (tertiary/aromatic N) is 2. The zero-order valence-corrected chi connectivity index (χ0v) is 11.4. The van der Waals surface area contributed by atoms with Crippen LogP contribution in [0.4, 0.5) is 16.0 Å². The van der Waals surface area contributed by atoms with Gasteiger partial charge in [0.05, 0.1) is 16.9 Å². The van der Waals surface area contributed by atoms with Crippen LogP contribution in [0, 0.1) is 12.7 Å². The Morgan fingerprint density at radius 1 is 1.47 bits per heavy atom. The third-order valence-corrected chi connectivity index (χ3v) is 3.04. The molecule has 5 nitrogen and oxygen atoms in total. The number of nitrogens with one attached hydrogen (secondary N) is 1. The highest BCUT2D eigenvalue weighted by Crippen LogP contribution is 2.25. The maximum absolute atomic E-state index is 12.9. The molecule has 19 heavy (non-hydrogen) atoms. The number of anilines is 2. The van der Waals surface area contributed by atoms with E-state index in [0.29, 0.717) is 15.9 Å². The number of hydrogen-bond donors (Lipinski definition) is 2. The second-order valence-electron chi connectivity index (χ2n) is 3.75. The molecule has 0 atom stereocenters. The number of carbonyl (C=O) groups is 1. The number of aromatic carboxylic acids is 1. The minimum Gasteiger partial charge on any atom is -0.478 e. The second kappa shape index (κ2) is 5.31. The van der Waals surface area contributed by atoms with Crippen molar-refractivity contribution in [1.29, 1.82) is 0 Å². The summed E-state index contributed by atoms with van der Waals surface area (Å²) in [5.41, 5.74) is 0.982. The Kier molecular flexibility index (Phi) is 3.75. The first-order valence-corrected chi connectivity index (χ1v) is 6.05. The van der Waals surface area contributed by atoms with Crippen molar-refractivity contribution in [3.63, 3.8) is 0 Å². The van der Waals surface area contributed by atoms with Crippen molar-refractivity contribution in [2.75, 3.05) is 5.32 Å². The lowest BCUT2D eigenvalue weighted by atomic mass is 10.2. The van der Waals surface area contributed by atoms with Crippen LogP contribution in [-0.2, 0) is 0 Å². The average Bonchev–Trinajstić information content (AvgIpc) is 2.32. The van der Waals surface area contributed by atoms with Gasteiger partial charge in [0.1, 0.15) is 5.82 Å². The van der Waals surface area contributed by atoms with Crippen molar-refractivity contribution in [1.82, 2.24) is 9.97 Å².